The van der Waals surface area contributed by atoms with Gasteiger partial charge in [0.05, 0.1) is 17.1 Å². The molecule has 0 aliphatic carbocycles. The van der Waals surface area contributed by atoms with Crippen LogP contribution in [0.25, 0.3) is 0 Å². The molecule has 0 amide bonds. The molecule has 0 aliphatic rings. The molecular weight excluding hydrogens is 423 g/mol. The fourth-order valence-corrected chi connectivity index (χ4v) is 3.63. The standard InChI is InChI=1S/C28H40N2.Ni/c1-4-7-11-15-24-20-21-27(22-25(24)16-12-8-5-2)30-28(17-9-6-3)23-29-26-18-13-10-14-19-26;/h10,13-14,18-23H,4-9,11-12,15-17H2,1-3H3;/b29-23+,30-28+;. The van der Waals surface area contributed by atoms with E-state index in [2.05, 4.69) is 44.0 Å². The summed E-state index contributed by atoms with van der Waals surface area (Å²) in [5.41, 5.74) is 6.14. The van der Waals surface area contributed by atoms with Crippen molar-refractivity contribution >= 4 is 23.3 Å². The van der Waals surface area contributed by atoms with E-state index in [1.807, 2.05) is 36.5 Å². The van der Waals surface area contributed by atoms with E-state index in [0.29, 0.717) is 0 Å². The molecule has 2 aromatic carbocycles. The van der Waals surface area contributed by atoms with Gasteiger partial charge in [-0.15, -0.1) is 0 Å². The van der Waals surface area contributed by atoms with Crippen LogP contribution in [0.2, 0.25) is 0 Å². The second-order valence-electron chi connectivity index (χ2n) is 8.17. The summed E-state index contributed by atoms with van der Waals surface area (Å²) in [5.74, 6) is 0. The molecule has 0 spiro atoms. The Morgan fingerprint density at radius 2 is 1.35 bits per heavy atom. The maximum Gasteiger partial charge on any atom is 0.0636 e. The zero-order chi connectivity index (χ0) is 21.4. The monoisotopic (exact) mass is 462 g/mol. The van der Waals surface area contributed by atoms with Gasteiger partial charge >= 0.3 is 0 Å². The number of unbranched alkanes of at least 4 members (excludes halogenated alkanes) is 5. The smallest absolute Gasteiger partial charge is 0.0636 e. The van der Waals surface area contributed by atoms with E-state index in [9.17, 15) is 0 Å². The maximum absolute atomic E-state index is 5.00. The van der Waals surface area contributed by atoms with Crippen LogP contribution in [0.1, 0.15) is 89.7 Å². The number of aliphatic imine (C=N–C) groups is 2. The van der Waals surface area contributed by atoms with Crippen molar-refractivity contribution in [1.82, 2.24) is 0 Å². The molecule has 3 heteroatoms. The van der Waals surface area contributed by atoms with Crippen LogP contribution >= 0.6 is 0 Å². The van der Waals surface area contributed by atoms with Crippen molar-refractivity contribution < 1.29 is 16.5 Å². The molecule has 172 valence electrons. The third-order valence-corrected chi connectivity index (χ3v) is 5.47. The summed E-state index contributed by atoms with van der Waals surface area (Å²) in [6.45, 7) is 6.77. The summed E-state index contributed by atoms with van der Waals surface area (Å²) in [6, 6.07) is 17.0. The second-order valence-corrected chi connectivity index (χ2v) is 8.17. The molecule has 2 rings (SSSR count). The van der Waals surface area contributed by atoms with Gasteiger partial charge in [-0.2, -0.15) is 0 Å². The molecule has 0 bridgehead atoms. The van der Waals surface area contributed by atoms with Crippen molar-refractivity contribution in [1.29, 1.82) is 0 Å². The van der Waals surface area contributed by atoms with E-state index in [4.69, 9.17) is 4.99 Å². The first-order valence-corrected chi connectivity index (χ1v) is 12.0. The molecule has 31 heavy (non-hydrogen) atoms. The number of aryl methyl sites for hydroxylation is 2. The zero-order valence-electron chi connectivity index (χ0n) is 19.7. The second kappa shape index (κ2) is 16.9. The van der Waals surface area contributed by atoms with Crippen molar-refractivity contribution in [3.05, 3.63) is 59.7 Å². The summed E-state index contributed by atoms with van der Waals surface area (Å²) in [6.07, 6.45) is 15.3. The molecule has 2 nitrogen and oxygen atoms in total. The predicted octanol–water partition coefficient (Wildman–Crippen LogP) is 8.81. The molecule has 0 aromatic heterocycles. The molecule has 0 saturated carbocycles. The van der Waals surface area contributed by atoms with Crippen LogP contribution < -0.4 is 0 Å². The van der Waals surface area contributed by atoms with Crippen LogP contribution in [0, 0.1) is 0 Å². The Hall–Kier alpha value is -1.73. The van der Waals surface area contributed by atoms with E-state index in [1.54, 1.807) is 0 Å². The Balaban J connectivity index is 0.00000480. The third kappa shape index (κ3) is 10.9. The van der Waals surface area contributed by atoms with Gasteiger partial charge in [0.1, 0.15) is 0 Å². The van der Waals surface area contributed by atoms with Gasteiger partial charge in [0.15, 0.2) is 0 Å². The van der Waals surface area contributed by atoms with Crippen LogP contribution in [0.5, 0.6) is 0 Å². The average Bonchev–Trinajstić information content (AvgIpc) is 2.78. The first-order valence-electron chi connectivity index (χ1n) is 12.0. The molecule has 0 heterocycles. The molecular formula is C28H40N2Ni. The molecule has 0 aliphatic heterocycles. The van der Waals surface area contributed by atoms with Crippen molar-refractivity contribution in [2.75, 3.05) is 0 Å². The molecule has 2 aromatic rings. The van der Waals surface area contributed by atoms with Crippen LogP contribution in [-0.2, 0) is 29.3 Å². The Labute approximate surface area is 200 Å². The Morgan fingerprint density at radius 1 is 0.710 bits per heavy atom. The zero-order valence-corrected chi connectivity index (χ0v) is 20.7. The van der Waals surface area contributed by atoms with E-state index in [0.717, 1.165) is 36.3 Å². The molecule has 0 unspecified atom stereocenters. The molecule has 0 radical (unpaired) electrons. The van der Waals surface area contributed by atoms with Gasteiger partial charge in [0.2, 0.25) is 0 Å². The fraction of sp³-hybridized carbons (Fsp3) is 0.500. The fourth-order valence-electron chi connectivity index (χ4n) is 3.63. The SMILES string of the molecule is CCCCCc1ccc(/N=C(/C=N/c2ccccc2)CCCC)cc1CCCCC.[Ni]. The predicted molar refractivity (Wildman–Crippen MR) is 134 cm³/mol. The molecule has 0 fully saturated rings. The minimum absolute atomic E-state index is 0. The summed E-state index contributed by atoms with van der Waals surface area (Å²) >= 11 is 0. The van der Waals surface area contributed by atoms with Gasteiger partial charge in [-0.3, -0.25) is 9.98 Å². The number of para-hydroxylation sites is 1. The van der Waals surface area contributed by atoms with Gasteiger partial charge in [-0.05, 0) is 73.9 Å². The third-order valence-electron chi connectivity index (χ3n) is 5.47. The Morgan fingerprint density at radius 3 is 2.00 bits per heavy atom. The quantitative estimate of drug-likeness (QED) is 0.152. The maximum atomic E-state index is 5.00. The number of benzene rings is 2. The van der Waals surface area contributed by atoms with E-state index in [-0.39, 0.29) is 16.5 Å². The normalized spacial score (nSPS) is 11.6. The van der Waals surface area contributed by atoms with Crippen LogP contribution in [-0.4, -0.2) is 11.9 Å². The van der Waals surface area contributed by atoms with Crippen molar-refractivity contribution in [3.8, 4) is 0 Å². The van der Waals surface area contributed by atoms with Crippen LogP contribution in [0.15, 0.2) is 58.5 Å². The molecule has 0 atom stereocenters. The molecule has 0 N–H and O–H groups in total. The number of hydrogen-bond acceptors (Lipinski definition) is 2. The molecule has 0 saturated heterocycles. The van der Waals surface area contributed by atoms with Gasteiger partial charge in [0.25, 0.3) is 0 Å². The Bertz CT molecular complexity index is 781. The van der Waals surface area contributed by atoms with Crippen molar-refractivity contribution in [2.45, 2.75) is 91.4 Å². The van der Waals surface area contributed by atoms with Crippen molar-refractivity contribution in [3.63, 3.8) is 0 Å². The number of nitrogens with zero attached hydrogens (tertiary/aromatic N) is 2. The van der Waals surface area contributed by atoms with Gasteiger partial charge in [0, 0.05) is 22.7 Å². The van der Waals surface area contributed by atoms with Gasteiger partial charge < -0.3 is 0 Å². The van der Waals surface area contributed by atoms with E-state index in [1.165, 1.54) is 62.5 Å². The van der Waals surface area contributed by atoms with E-state index >= 15 is 0 Å². The van der Waals surface area contributed by atoms with Crippen molar-refractivity contribution in [2.24, 2.45) is 9.98 Å². The summed E-state index contributed by atoms with van der Waals surface area (Å²) < 4.78 is 0. The van der Waals surface area contributed by atoms with Gasteiger partial charge in [-0.1, -0.05) is 77.1 Å². The number of hydrogen-bond donors (Lipinski definition) is 0. The average molecular weight is 463 g/mol. The first kappa shape index (κ1) is 27.3. The van der Waals surface area contributed by atoms with Crippen LogP contribution in [0.3, 0.4) is 0 Å². The summed E-state index contributed by atoms with van der Waals surface area (Å²) in [5, 5.41) is 0. The Kier molecular flexibility index (Phi) is 14.9. The largest absolute Gasteiger partial charge is 0.255 e. The van der Waals surface area contributed by atoms with Gasteiger partial charge in [-0.25, -0.2) is 0 Å². The first-order chi connectivity index (χ1) is 14.8. The number of rotatable bonds is 14. The van der Waals surface area contributed by atoms with Crippen LogP contribution in [0.4, 0.5) is 11.4 Å². The summed E-state index contributed by atoms with van der Waals surface area (Å²) in [4.78, 5) is 9.66. The summed E-state index contributed by atoms with van der Waals surface area (Å²) in [7, 11) is 0. The van der Waals surface area contributed by atoms with E-state index < -0.39 is 0 Å². The minimum atomic E-state index is 0. The minimum Gasteiger partial charge on any atom is -0.255 e. The topological polar surface area (TPSA) is 24.7 Å².